The molecule has 0 spiro atoms. The van der Waals surface area contributed by atoms with Crippen LogP contribution in [0.25, 0.3) is 0 Å². The highest BCUT2D eigenvalue weighted by atomic mass is 19.1. The normalized spacial score (nSPS) is 9.83. The van der Waals surface area contributed by atoms with Crippen LogP contribution in [0, 0.1) is 0 Å². The summed E-state index contributed by atoms with van der Waals surface area (Å²) in [5.41, 5.74) is -0.0140. The van der Waals surface area contributed by atoms with Gasteiger partial charge in [0.15, 0.2) is 5.75 Å². The van der Waals surface area contributed by atoms with Gasteiger partial charge >= 0.3 is 6.16 Å². The Labute approximate surface area is 67.4 Å². The predicted molar refractivity (Wildman–Crippen MR) is 36.7 cm³/mol. The Balaban J connectivity index is 2.89. The lowest BCUT2D eigenvalue weighted by atomic mass is 10.4. The zero-order valence-corrected chi connectivity index (χ0v) is 6.32. The molecule has 1 rings (SSSR count). The van der Waals surface area contributed by atoms with Gasteiger partial charge in [-0.25, -0.2) is 9.18 Å². The van der Waals surface area contributed by atoms with E-state index in [-0.39, 0.29) is 11.4 Å². The van der Waals surface area contributed by atoms with Gasteiger partial charge in [0.2, 0.25) is 0 Å². The maximum Gasteiger partial charge on any atom is 0.511 e. The Morgan fingerprint density at radius 1 is 1.92 bits per heavy atom. The summed E-state index contributed by atoms with van der Waals surface area (Å²) in [6.07, 6.45) is -0.180. The molecule has 1 aromatic rings. The molecule has 0 amide bonds. The standard InChI is InChI=1S/C6H7FN2O3/c1-9-3-5(12-6(10)11)4(2-7)8-9/h3H,2H2,1H3,(H,10,11). The molecular formula is C6H7FN2O3. The van der Waals surface area contributed by atoms with E-state index in [1.807, 2.05) is 0 Å². The first kappa shape index (κ1) is 8.51. The van der Waals surface area contributed by atoms with Crippen molar-refractivity contribution in [2.75, 3.05) is 0 Å². The zero-order valence-electron chi connectivity index (χ0n) is 6.32. The third-order valence-electron chi connectivity index (χ3n) is 1.19. The van der Waals surface area contributed by atoms with Crippen molar-refractivity contribution in [1.82, 2.24) is 9.78 Å². The average Bonchev–Trinajstić information content (AvgIpc) is 2.29. The fraction of sp³-hybridized carbons (Fsp3) is 0.333. The summed E-state index contributed by atoms with van der Waals surface area (Å²) in [6, 6.07) is 0. The van der Waals surface area contributed by atoms with Gasteiger partial charge in [0, 0.05) is 7.05 Å². The van der Waals surface area contributed by atoms with Crippen molar-refractivity contribution < 1.29 is 19.0 Å². The second kappa shape index (κ2) is 3.21. The molecule has 0 atom stereocenters. The van der Waals surface area contributed by atoms with Crippen LogP contribution >= 0.6 is 0 Å². The number of alkyl halides is 1. The van der Waals surface area contributed by atoms with Crippen molar-refractivity contribution in [2.24, 2.45) is 7.05 Å². The van der Waals surface area contributed by atoms with E-state index < -0.39 is 12.8 Å². The van der Waals surface area contributed by atoms with Crippen LogP contribution in [0.5, 0.6) is 5.75 Å². The molecule has 6 heteroatoms. The smallest absolute Gasteiger partial charge is 0.449 e. The summed E-state index contributed by atoms with van der Waals surface area (Å²) in [6.45, 7) is -0.844. The number of ether oxygens (including phenoxy) is 1. The maximum atomic E-state index is 12.1. The molecule has 0 aliphatic heterocycles. The van der Waals surface area contributed by atoms with E-state index in [1.165, 1.54) is 10.9 Å². The molecule has 0 radical (unpaired) electrons. The van der Waals surface area contributed by atoms with E-state index in [1.54, 1.807) is 7.05 Å². The monoisotopic (exact) mass is 174 g/mol. The van der Waals surface area contributed by atoms with Crippen LogP contribution in [0.1, 0.15) is 5.69 Å². The Hall–Kier alpha value is -1.59. The highest BCUT2D eigenvalue weighted by molar-refractivity contribution is 5.61. The molecule has 0 aliphatic rings. The molecule has 0 bridgehead atoms. The minimum absolute atomic E-state index is 0.0140. The second-order valence-electron chi connectivity index (χ2n) is 2.12. The molecule has 1 aromatic heterocycles. The number of rotatable bonds is 2. The van der Waals surface area contributed by atoms with Crippen LogP contribution in [0.2, 0.25) is 0 Å². The first-order chi connectivity index (χ1) is 5.63. The van der Waals surface area contributed by atoms with Gasteiger partial charge in [0.1, 0.15) is 12.4 Å². The summed E-state index contributed by atoms with van der Waals surface area (Å²) in [4.78, 5) is 10.1. The number of nitrogens with zero attached hydrogens (tertiary/aromatic N) is 2. The number of hydrogen-bond donors (Lipinski definition) is 1. The molecule has 0 unspecified atom stereocenters. The topological polar surface area (TPSA) is 64.3 Å². The highest BCUT2D eigenvalue weighted by Crippen LogP contribution is 2.16. The van der Waals surface area contributed by atoms with Gasteiger partial charge in [-0.2, -0.15) is 5.10 Å². The van der Waals surface area contributed by atoms with Crippen molar-refractivity contribution >= 4 is 6.16 Å². The van der Waals surface area contributed by atoms with Crippen molar-refractivity contribution in [2.45, 2.75) is 6.67 Å². The summed E-state index contributed by atoms with van der Waals surface area (Å²) in [5, 5.41) is 11.8. The Bertz CT molecular complexity index is 297. The molecular weight excluding hydrogens is 167 g/mol. The third-order valence-corrected chi connectivity index (χ3v) is 1.19. The Morgan fingerprint density at radius 2 is 2.58 bits per heavy atom. The number of hydrogen-bond acceptors (Lipinski definition) is 3. The number of halogens is 1. The molecule has 0 saturated heterocycles. The van der Waals surface area contributed by atoms with Gasteiger partial charge in [0.25, 0.3) is 0 Å². The van der Waals surface area contributed by atoms with Gasteiger partial charge in [0.05, 0.1) is 6.20 Å². The number of carbonyl (C=O) groups is 1. The van der Waals surface area contributed by atoms with E-state index >= 15 is 0 Å². The van der Waals surface area contributed by atoms with Gasteiger partial charge in [-0.15, -0.1) is 0 Å². The molecule has 12 heavy (non-hydrogen) atoms. The van der Waals surface area contributed by atoms with Crippen LogP contribution < -0.4 is 4.74 Å². The van der Waals surface area contributed by atoms with E-state index in [2.05, 4.69) is 9.84 Å². The highest BCUT2D eigenvalue weighted by Gasteiger charge is 2.11. The van der Waals surface area contributed by atoms with Crippen molar-refractivity contribution in [1.29, 1.82) is 0 Å². The lowest BCUT2D eigenvalue weighted by Crippen LogP contribution is -2.03. The molecule has 1 N–H and O–H groups in total. The van der Waals surface area contributed by atoms with Crippen LogP contribution in [-0.2, 0) is 13.7 Å². The lowest BCUT2D eigenvalue weighted by molar-refractivity contribution is 0.143. The van der Waals surface area contributed by atoms with Crippen molar-refractivity contribution in [3.05, 3.63) is 11.9 Å². The fourth-order valence-corrected chi connectivity index (χ4v) is 0.785. The quantitative estimate of drug-likeness (QED) is 0.678. The largest absolute Gasteiger partial charge is 0.511 e. The van der Waals surface area contributed by atoms with E-state index in [9.17, 15) is 9.18 Å². The van der Waals surface area contributed by atoms with E-state index in [0.29, 0.717) is 0 Å². The Morgan fingerprint density at radius 3 is 3.08 bits per heavy atom. The molecule has 1 heterocycles. The fourth-order valence-electron chi connectivity index (χ4n) is 0.785. The predicted octanol–water partition coefficient (Wildman–Crippen LogP) is 0.946. The van der Waals surface area contributed by atoms with Crippen LogP contribution in [0.15, 0.2) is 6.20 Å². The first-order valence-corrected chi connectivity index (χ1v) is 3.12. The molecule has 0 saturated carbocycles. The van der Waals surface area contributed by atoms with Gasteiger partial charge < -0.3 is 9.84 Å². The summed E-state index contributed by atoms with van der Waals surface area (Å²) in [5.74, 6) is -0.0625. The summed E-state index contributed by atoms with van der Waals surface area (Å²) < 4.78 is 17.6. The number of carboxylic acid groups (broad SMARTS) is 1. The number of aromatic nitrogens is 2. The van der Waals surface area contributed by atoms with E-state index in [0.717, 1.165) is 0 Å². The molecule has 0 aromatic carbocycles. The van der Waals surface area contributed by atoms with Crippen molar-refractivity contribution in [3.63, 3.8) is 0 Å². The van der Waals surface area contributed by atoms with Gasteiger partial charge in [-0.1, -0.05) is 0 Å². The lowest BCUT2D eigenvalue weighted by Gasteiger charge is -1.94. The second-order valence-corrected chi connectivity index (χ2v) is 2.12. The number of aryl methyl sites for hydroxylation is 1. The first-order valence-electron chi connectivity index (χ1n) is 3.12. The van der Waals surface area contributed by atoms with Crippen LogP contribution in [-0.4, -0.2) is 21.0 Å². The third kappa shape index (κ3) is 1.71. The van der Waals surface area contributed by atoms with Crippen LogP contribution in [0.3, 0.4) is 0 Å². The van der Waals surface area contributed by atoms with Gasteiger partial charge in [-0.05, 0) is 0 Å². The summed E-state index contributed by atoms with van der Waals surface area (Å²) in [7, 11) is 1.55. The zero-order chi connectivity index (χ0) is 9.14. The van der Waals surface area contributed by atoms with Crippen LogP contribution in [0.4, 0.5) is 9.18 Å². The molecule has 0 fully saturated rings. The van der Waals surface area contributed by atoms with Crippen molar-refractivity contribution in [3.8, 4) is 5.75 Å². The Kier molecular flexibility index (Phi) is 2.27. The van der Waals surface area contributed by atoms with Gasteiger partial charge in [-0.3, -0.25) is 4.68 Å². The maximum absolute atomic E-state index is 12.1. The minimum atomic E-state index is -1.47. The SMILES string of the molecule is Cn1cc(OC(=O)O)c(CF)n1. The molecule has 5 nitrogen and oxygen atoms in total. The average molecular weight is 174 g/mol. The van der Waals surface area contributed by atoms with E-state index in [4.69, 9.17) is 5.11 Å². The molecule has 0 aliphatic carbocycles. The minimum Gasteiger partial charge on any atom is -0.449 e. The molecule has 66 valence electrons. The summed E-state index contributed by atoms with van der Waals surface area (Å²) >= 11 is 0.